The molecule has 5 nitrogen and oxygen atoms in total. The molecule has 0 saturated carbocycles. The summed E-state index contributed by atoms with van der Waals surface area (Å²) in [5.41, 5.74) is 0.497. The fourth-order valence-corrected chi connectivity index (χ4v) is 2.98. The zero-order valence-electron chi connectivity index (χ0n) is 14.4. The van der Waals surface area contributed by atoms with Gasteiger partial charge in [-0.15, -0.1) is 0 Å². The summed E-state index contributed by atoms with van der Waals surface area (Å²) in [7, 11) is 0. The van der Waals surface area contributed by atoms with Crippen molar-refractivity contribution in [2.75, 3.05) is 13.1 Å². The van der Waals surface area contributed by atoms with Crippen molar-refractivity contribution < 1.29 is 27.8 Å². The average Bonchev–Trinajstić information content (AvgIpc) is 2.63. The summed E-state index contributed by atoms with van der Waals surface area (Å²) < 4.78 is 43.3. The van der Waals surface area contributed by atoms with E-state index < -0.39 is 17.7 Å². The normalized spacial score (nSPS) is 16.3. The molecule has 2 heterocycles. The Morgan fingerprint density at radius 2 is 1.81 bits per heavy atom. The molecular formula is C19H19F3N2O3. The Hall–Kier alpha value is -2.61. The van der Waals surface area contributed by atoms with Gasteiger partial charge in [0.15, 0.2) is 0 Å². The van der Waals surface area contributed by atoms with Crippen LogP contribution in [0.1, 0.15) is 34.3 Å². The largest absolute Gasteiger partial charge is 0.478 e. The smallest absolute Gasteiger partial charge is 0.417 e. The molecular weight excluding hydrogens is 361 g/mol. The van der Waals surface area contributed by atoms with Crippen molar-refractivity contribution in [3.8, 4) is 5.88 Å². The minimum atomic E-state index is -4.40. The van der Waals surface area contributed by atoms with Crippen molar-refractivity contribution in [2.24, 2.45) is 0 Å². The first-order valence-electron chi connectivity index (χ1n) is 8.56. The van der Waals surface area contributed by atoms with E-state index in [9.17, 15) is 18.0 Å². The molecule has 1 aliphatic rings. The van der Waals surface area contributed by atoms with E-state index >= 15 is 0 Å². The van der Waals surface area contributed by atoms with Crippen LogP contribution < -0.4 is 4.74 Å². The zero-order chi connectivity index (χ0) is 19.4. The van der Waals surface area contributed by atoms with Crippen LogP contribution in [-0.2, 0) is 12.7 Å². The van der Waals surface area contributed by atoms with Gasteiger partial charge in [0, 0.05) is 31.9 Å². The highest BCUT2D eigenvalue weighted by molar-refractivity contribution is 5.87. The van der Waals surface area contributed by atoms with Crippen molar-refractivity contribution in [2.45, 2.75) is 31.7 Å². The molecule has 1 aromatic heterocycles. The molecule has 8 heteroatoms. The summed E-state index contributed by atoms with van der Waals surface area (Å²) in [6, 6.07) is 9.00. The van der Waals surface area contributed by atoms with Gasteiger partial charge in [0.2, 0.25) is 5.88 Å². The van der Waals surface area contributed by atoms with Gasteiger partial charge in [-0.1, -0.05) is 12.1 Å². The third-order valence-corrected chi connectivity index (χ3v) is 4.49. The highest BCUT2D eigenvalue weighted by Crippen LogP contribution is 2.29. The summed E-state index contributed by atoms with van der Waals surface area (Å²) in [4.78, 5) is 16.8. The number of hydrogen-bond acceptors (Lipinski definition) is 4. The van der Waals surface area contributed by atoms with Gasteiger partial charge in [0.1, 0.15) is 6.10 Å². The lowest BCUT2D eigenvalue weighted by atomic mass is 10.1. The molecule has 1 fully saturated rings. The number of piperidine rings is 1. The maximum Gasteiger partial charge on any atom is 0.417 e. The number of nitrogens with zero attached hydrogens (tertiary/aromatic N) is 2. The van der Waals surface area contributed by atoms with E-state index in [1.807, 2.05) is 0 Å². The van der Waals surface area contributed by atoms with Crippen LogP contribution in [0.15, 0.2) is 42.6 Å². The number of rotatable bonds is 5. The van der Waals surface area contributed by atoms with Crippen molar-refractivity contribution in [3.05, 3.63) is 59.3 Å². The molecule has 3 rings (SSSR count). The van der Waals surface area contributed by atoms with Crippen LogP contribution in [0.2, 0.25) is 0 Å². The number of aromatic carboxylic acids is 1. The van der Waals surface area contributed by atoms with Crippen LogP contribution in [0.3, 0.4) is 0 Å². The molecule has 1 aliphatic heterocycles. The average molecular weight is 380 g/mol. The third kappa shape index (κ3) is 5.19. The monoisotopic (exact) mass is 380 g/mol. The van der Waals surface area contributed by atoms with Crippen molar-refractivity contribution in [1.82, 2.24) is 9.88 Å². The first kappa shape index (κ1) is 19.2. The van der Waals surface area contributed by atoms with Crippen LogP contribution in [-0.4, -0.2) is 40.2 Å². The predicted octanol–water partition coefficient (Wildman–Crippen LogP) is 3.84. The second-order valence-electron chi connectivity index (χ2n) is 6.48. The number of halogens is 3. The van der Waals surface area contributed by atoms with E-state index in [0.29, 0.717) is 6.54 Å². The lowest BCUT2D eigenvalue weighted by Crippen LogP contribution is -2.37. The Morgan fingerprint density at radius 1 is 1.15 bits per heavy atom. The van der Waals surface area contributed by atoms with Crippen LogP contribution in [0, 0.1) is 0 Å². The summed E-state index contributed by atoms with van der Waals surface area (Å²) in [6.07, 6.45) is -2.21. The first-order valence-corrected chi connectivity index (χ1v) is 8.56. The van der Waals surface area contributed by atoms with E-state index in [-0.39, 0.29) is 17.5 Å². The Morgan fingerprint density at radius 3 is 2.33 bits per heavy atom. The number of likely N-dealkylation sites (tertiary alicyclic amines) is 1. The molecule has 1 N–H and O–H groups in total. The van der Waals surface area contributed by atoms with Crippen LogP contribution in [0.5, 0.6) is 5.88 Å². The fraction of sp³-hybridized carbons (Fsp3) is 0.368. The number of aromatic nitrogens is 1. The minimum Gasteiger partial charge on any atom is -0.478 e. The highest BCUT2D eigenvalue weighted by Gasteiger charge is 2.31. The Kier molecular flexibility index (Phi) is 5.65. The van der Waals surface area contributed by atoms with Gasteiger partial charge in [-0.2, -0.15) is 13.2 Å². The minimum absolute atomic E-state index is 0.0835. The van der Waals surface area contributed by atoms with E-state index in [1.54, 1.807) is 24.3 Å². The topological polar surface area (TPSA) is 62.7 Å². The van der Waals surface area contributed by atoms with Crippen molar-refractivity contribution in [3.63, 3.8) is 0 Å². The predicted molar refractivity (Wildman–Crippen MR) is 91.6 cm³/mol. The third-order valence-electron chi connectivity index (χ3n) is 4.49. The quantitative estimate of drug-likeness (QED) is 0.854. The molecule has 1 saturated heterocycles. The van der Waals surface area contributed by atoms with Gasteiger partial charge < -0.3 is 9.84 Å². The van der Waals surface area contributed by atoms with Crippen molar-refractivity contribution >= 4 is 5.97 Å². The van der Waals surface area contributed by atoms with Gasteiger partial charge in [-0.3, -0.25) is 4.90 Å². The van der Waals surface area contributed by atoms with E-state index in [2.05, 4.69) is 9.88 Å². The van der Waals surface area contributed by atoms with Gasteiger partial charge in [0.05, 0.1) is 11.1 Å². The number of carbonyl (C=O) groups is 1. The molecule has 1 aromatic carbocycles. The molecule has 0 amide bonds. The van der Waals surface area contributed by atoms with E-state index in [1.165, 1.54) is 6.07 Å². The van der Waals surface area contributed by atoms with Crippen molar-refractivity contribution in [1.29, 1.82) is 0 Å². The summed E-state index contributed by atoms with van der Waals surface area (Å²) in [5, 5.41) is 8.92. The summed E-state index contributed by atoms with van der Waals surface area (Å²) >= 11 is 0. The van der Waals surface area contributed by atoms with Gasteiger partial charge >= 0.3 is 12.1 Å². The standard InChI is InChI=1S/C19H19F3N2O3/c20-19(21,22)15-5-6-17(23-11-15)27-16-7-9-24(10-8-16)12-13-1-3-14(4-2-13)18(25)26/h1-6,11,16H,7-10,12H2,(H,25,26). The number of carboxylic acids is 1. The number of hydrogen-bond donors (Lipinski definition) is 1. The molecule has 0 unspecified atom stereocenters. The SMILES string of the molecule is O=C(O)c1ccc(CN2CCC(Oc3ccc(C(F)(F)F)cn3)CC2)cc1. The van der Waals surface area contributed by atoms with Gasteiger partial charge in [0.25, 0.3) is 0 Å². The highest BCUT2D eigenvalue weighted by atomic mass is 19.4. The molecule has 0 bridgehead atoms. The molecule has 0 atom stereocenters. The lowest BCUT2D eigenvalue weighted by molar-refractivity contribution is -0.137. The molecule has 144 valence electrons. The second-order valence-corrected chi connectivity index (χ2v) is 6.48. The molecule has 0 radical (unpaired) electrons. The van der Waals surface area contributed by atoms with E-state index in [4.69, 9.17) is 9.84 Å². The van der Waals surface area contributed by atoms with Crippen LogP contribution in [0.25, 0.3) is 0 Å². The Bertz CT molecular complexity index is 768. The Balaban J connectivity index is 1.48. The number of ether oxygens (including phenoxy) is 1. The number of carboxylic acid groups (broad SMARTS) is 1. The van der Waals surface area contributed by atoms with Crippen LogP contribution in [0.4, 0.5) is 13.2 Å². The van der Waals surface area contributed by atoms with Gasteiger partial charge in [-0.25, -0.2) is 9.78 Å². The maximum atomic E-state index is 12.5. The first-order chi connectivity index (χ1) is 12.8. The second kappa shape index (κ2) is 7.96. The molecule has 27 heavy (non-hydrogen) atoms. The van der Waals surface area contributed by atoms with Crippen LogP contribution >= 0.6 is 0 Å². The lowest BCUT2D eigenvalue weighted by Gasteiger charge is -2.31. The molecule has 0 spiro atoms. The van der Waals surface area contributed by atoms with E-state index in [0.717, 1.165) is 43.8 Å². The zero-order valence-corrected chi connectivity index (χ0v) is 14.4. The number of alkyl halides is 3. The summed E-state index contributed by atoms with van der Waals surface area (Å²) in [6.45, 7) is 2.28. The maximum absolute atomic E-state index is 12.5. The summed E-state index contributed by atoms with van der Waals surface area (Å²) in [5.74, 6) is -0.748. The number of benzene rings is 1. The number of pyridine rings is 1. The molecule has 2 aromatic rings. The Labute approximate surface area is 154 Å². The fourth-order valence-electron chi connectivity index (χ4n) is 2.98. The molecule has 0 aliphatic carbocycles. The van der Waals surface area contributed by atoms with Gasteiger partial charge in [-0.05, 0) is 36.6 Å².